The molecule has 0 spiro atoms. The van der Waals surface area contributed by atoms with Crippen LogP contribution >= 0.6 is 22.9 Å². The van der Waals surface area contributed by atoms with Gasteiger partial charge in [0.25, 0.3) is 0 Å². The van der Waals surface area contributed by atoms with Crippen molar-refractivity contribution in [1.29, 1.82) is 0 Å². The molecule has 29 heavy (non-hydrogen) atoms. The van der Waals surface area contributed by atoms with Gasteiger partial charge in [0.1, 0.15) is 11.1 Å². The van der Waals surface area contributed by atoms with Crippen LogP contribution in [0, 0.1) is 0 Å². The number of fused-ring (bicyclic) bond motifs is 1. The van der Waals surface area contributed by atoms with E-state index in [-0.39, 0.29) is 6.10 Å². The third-order valence-electron chi connectivity index (χ3n) is 4.74. The molecule has 0 saturated carbocycles. The first-order valence-electron chi connectivity index (χ1n) is 9.73. The van der Waals surface area contributed by atoms with Crippen molar-refractivity contribution < 1.29 is 4.74 Å². The summed E-state index contributed by atoms with van der Waals surface area (Å²) in [4.78, 5) is 14.9. The zero-order chi connectivity index (χ0) is 20.8. The summed E-state index contributed by atoms with van der Waals surface area (Å²) in [7, 11) is 3.74. The van der Waals surface area contributed by atoms with E-state index in [4.69, 9.17) is 21.3 Å². The third kappa shape index (κ3) is 5.50. The van der Waals surface area contributed by atoms with E-state index in [2.05, 4.69) is 32.5 Å². The van der Waals surface area contributed by atoms with Crippen molar-refractivity contribution in [3.05, 3.63) is 51.1 Å². The molecule has 0 radical (unpaired) electrons. The molecule has 0 aliphatic rings. The summed E-state index contributed by atoms with van der Waals surface area (Å²) in [6, 6.07) is 5.91. The lowest BCUT2D eigenvalue weighted by Crippen LogP contribution is -2.38. The summed E-state index contributed by atoms with van der Waals surface area (Å²) in [5, 5.41) is 8.36. The molecule has 3 rings (SSSR count). The first-order valence-corrected chi connectivity index (χ1v) is 11.0. The fourth-order valence-corrected chi connectivity index (χ4v) is 4.12. The lowest BCUT2D eigenvalue weighted by molar-refractivity contribution is 0.119. The molecule has 1 aromatic carbocycles. The van der Waals surface area contributed by atoms with Crippen molar-refractivity contribution in [2.75, 3.05) is 27.2 Å². The predicted molar refractivity (Wildman–Crippen MR) is 122 cm³/mol. The number of aromatic amines is 1. The van der Waals surface area contributed by atoms with Gasteiger partial charge >= 0.3 is 0 Å². The number of halogens is 1. The molecule has 8 heteroatoms. The first-order chi connectivity index (χ1) is 14.0. The number of H-pyrrole nitrogens is 1. The molecule has 0 aliphatic carbocycles. The topological polar surface area (TPSA) is 65.5 Å². The Hall–Kier alpha value is -2.09. The zero-order valence-electron chi connectivity index (χ0n) is 17.3. The van der Waals surface area contributed by atoms with Gasteiger partial charge in [-0.25, -0.2) is 4.98 Å². The van der Waals surface area contributed by atoms with Gasteiger partial charge < -0.3 is 19.9 Å². The number of benzene rings is 1. The minimum atomic E-state index is 0.0191. The van der Waals surface area contributed by atoms with Crippen molar-refractivity contribution in [2.45, 2.75) is 32.9 Å². The lowest BCUT2D eigenvalue weighted by Gasteiger charge is -2.21. The molecule has 0 saturated heterocycles. The molecule has 0 aliphatic heterocycles. The highest BCUT2D eigenvalue weighted by Gasteiger charge is 2.13. The number of thiazole rings is 1. The van der Waals surface area contributed by atoms with Gasteiger partial charge in [0.05, 0.1) is 12.2 Å². The fraction of sp³-hybridized carbons (Fsp3) is 0.429. The number of ether oxygens (including phenoxy) is 1. The third-order valence-corrected chi connectivity index (χ3v) is 6.03. The van der Waals surface area contributed by atoms with Gasteiger partial charge in [0.2, 0.25) is 0 Å². The van der Waals surface area contributed by atoms with Crippen LogP contribution in [0.1, 0.15) is 36.2 Å². The van der Waals surface area contributed by atoms with Crippen LogP contribution in [-0.2, 0) is 17.7 Å². The Labute approximate surface area is 181 Å². The number of guanidine groups is 1. The van der Waals surface area contributed by atoms with Crippen LogP contribution in [-0.4, -0.2) is 48.1 Å². The molecule has 0 bridgehead atoms. The number of hydrogen-bond donors (Lipinski definition) is 2. The number of hydrogen-bond acceptors (Lipinski definition) is 4. The number of aliphatic imine (C=N–C) groups is 1. The van der Waals surface area contributed by atoms with E-state index in [1.54, 1.807) is 18.4 Å². The summed E-state index contributed by atoms with van der Waals surface area (Å²) in [5.41, 5.74) is 3.35. The predicted octanol–water partition coefficient (Wildman–Crippen LogP) is 4.63. The molecule has 3 aromatic rings. The van der Waals surface area contributed by atoms with Gasteiger partial charge in [0.15, 0.2) is 5.96 Å². The summed E-state index contributed by atoms with van der Waals surface area (Å²) in [6.07, 6.45) is 2.90. The van der Waals surface area contributed by atoms with Gasteiger partial charge in [-0.2, -0.15) is 0 Å². The van der Waals surface area contributed by atoms with Gasteiger partial charge in [-0.15, -0.1) is 11.3 Å². The quantitative estimate of drug-likeness (QED) is 0.401. The van der Waals surface area contributed by atoms with Crippen molar-refractivity contribution in [1.82, 2.24) is 20.2 Å². The lowest BCUT2D eigenvalue weighted by atomic mass is 10.1. The van der Waals surface area contributed by atoms with Crippen molar-refractivity contribution in [3.8, 4) is 0 Å². The summed E-state index contributed by atoms with van der Waals surface area (Å²) in [5.74, 6) is 0.875. The minimum absolute atomic E-state index is 0.0191. The van der Waals surface area contributed by atoms with Gasteiger partial charge in [0, 0.05) is 54.7 Å². The number of methoxy groups -OCH3 is 1. The van der Waals surface area contributed by atoms with Crippen LogP contribution in [0.2, 0.25) is 5.02 Å². The second-order valence-electron chi connectivity index (χ2n) is 6.90. The number of aromatic nitrogens is 2. The fourth-order valence-electron chi connectivity index (χ4n) is 3.11. The van der Waals surface area contributed by atoms with Gasteiger partial charge in [-0.1, -0.05) is 11.6 Å². The molecule has 1 unspecified atom stereocenters. The molecule has 2 N–H and O–H groups in total. The Bertz CT molecular complexity index is 967. The number of nitrogens with one attached hydrogen (secondary N) is 2. The average molecular weight is 434 g/mol. The van der Waals surface area contributed by atoms with Gasteiger partial charge in [-0.05, 0) is 44.0 Å². The standard InChI is InChI=1S/C21H28ClN5OS/c1-5-23-21(27(3)12-17-13-29-20(26-17)14(2)28-4)24-9-8-15-11-25-19-7-6-16(22)10-18(15)19/h6-7,10-11,13-14,25H,5,8-9,12H2,1-4H3,(H,23,24). The summed E-state index contributed by atoms with van der Waals surface area (Å²) < 4.78 is 5.35. The summed E-state index contributed by atoms with van der Waals surface area (Å²) in [6.45, 7) is 6.29. The zero-order valence-corrected chi connectivity index (χ0v) is 18.9. The maximum Gasteiger partial charge on any atom is 0.194 e. The monoisotopic (exact) mass is 433 g/mol. The normalized spacial score (nSPS) is 13.1. The number of nitrogens with zero attached hydrogens (tertiary/aromatic N) is 3. The Kier molecular flexibility index (Phi) is 7.52. The molecule has 0 fully saturated rings. The molecular weight excluding hydrogens is 406 g/mol. The van der Waals surface area contributed by atoms with E-state index in [1.165, 1.54) is 5.56 Å². The van der Waals surface area contributed by atoms with Crippen LogP contribution in [0.3, 0.4) is 0 Å². The van der Waals surface area contributed by atoms with Crippen LogP contribution in [0.25, 0.3) is 10.9 Å². The number of rotatable bonds is 8. The Balaban J connectivity index is 1.65. The van der Waals surface area contributed by atoms with Crippen molar-refractivity contribution in [2.24, 2.45) is 4.99 Å². The second-order valence-corrected chi connectivity index (χ2v) is 8.23. The van der Waals surface area contributed by atoms with Crippen LogP contribution in [0.5, 0.6) is 0 Å². The highest BCUT2D eigenvalue weighted by Crippen LogP contribution is 2.23. The smallest absolute Gasteiger partial charge is 0.194 e. The van der Waals surface area contributed by atoms with Crippen LogP contribution in [0.15, 0.2) is 34.8 Å². The Morgan fingerprint density at radius 1 is 1.45 bits per heavy atom. The highest BCUT2D eigenvalue weighted by molar-refractivity contribution is 7.09. The van der Waals surface area contributed by atoms with E-state index < -0.39 is 0 Å². The molecular formula is C21H28ClN5OS. The van der Waals surface area contributed by atoms with E-state index >= 15 is 0 Å². The largest absolute Gasteiger partial charge is 0.375 e. The van der Waals surface area contributed by atoms with E-state index in [0.29, 0.717) is 13.1 Å². The maximum atomic E-state index is 6.15. The Morgan fingerprint density at radius 2 is 2.28 bits per heavy atom. The van der Waals surface area contributed by atoms with E-state index in [1.807, 2.05) is 38.4 Å². The van der Waals surface area contributed by atoms with E-state index in [0.717, 1.165) is 45.6 Å². The molecule has 156 valence electrons. The van der Waals surface area contributed by atoms with Gasteiger partial charge in [-0.3, -0.25) is 4.99 Å². The molecule has 0 amide bonds. The van der Waals surface area contributed by atoms with Crippen molar-refractivity contribution in [3.63, 3.8) is 0 Å². The maximum absolute atomic E-state index is 6.15. The highest BCUT2D eigenvalue weighted by atomic mass is 35.5. The minimum Gasteiger partial charge on any atom is -0.375 e. The molecule has 2 heterocycles. The first kappa shape index (κ1) is 21.6. The second kappa shape index (κ2) is 10.1. The summed E-state index contributed by atoms with van der Waals surface area (Å²) >= 11 is 7.78. The molecule has 6 nitrogen and oxygen atoms in total. The molecule has 2 aromatic heterocycles. The average Bonchev–Trinajstić information content (AvgIpc) is 3.33. The van der Waals surface area contributed by atoms with Crippen LogP contribution < -0.4 is 5.32 Å². The molecule has 1 atom stereocenters. The SMILES string of the molecule is CCNC(=NCCc1c[nH]c2ccc(Cl)cc12)N(C)Cc1csc(C(C)OC)n1. The van der Waals surface area contributed by atoms with E-state index in [9.17, 15) is 0 Å². The van der Waals surface area contributed by atoms with Crippen LogP contribution in [0.4, 0.5) is 0 Å². The Morgan fingerprint density at radius 3 is 3.03 bits per heavy atom. The van der Waals surface area contributed by atoms with Crippen molar-refractivity contribution >= 4 is 39.8 Å².